The van der Waals surface area contributed by atoms with Gasteiger partial charge in [0.15, 0.2) is 5.82 Å². The van der Waals surface area contributed by atoms with Crippen molar-refractivity contribution < 1.29 is 0 Å². The van der Waals surface area contributed by atoms with E-state index in [2.05, 4.69) is 37.6 Å². The van der Waals surface area contributed by atoms with Crippen LogP contribution in [0.15, 0.2) is 17.2 Å². The van der Waals surface area contributed by atoms with Crippen LogP contribution in [0.2, 0.25) is 0 Å². The molecule has 0 bridgehead atoms. The summed E-state index contributed by atoms with van der Waals surface area (Å²) in [7, 11) is 0. The molecule has 114 valence electrons. The third-order valence-corrected chi connectivity index (χ3v) is 3.61. The van der Waals surface area contributed by atoms with Crippen molar-refractivity contribution in [2.75, 3.05) is 17.3 Å². The van der Waals surface area contributed by atoms with Crippen molar-refractivity contribution in [2.45, 2.75) is 53.1 Å². The third kappa shape index (κ3) is 4.23. The van der Waals surface area contributed by atoms with Gasteiger partial charge in [0.25, 0.3) is 5.56 Å². The second kappa shape index (κ2) is 8.30. The van der Waals surface area contributed by atoms with Crippen LogP contribution in [0, 0.1) is 5.92 Å². The maximum atomic E-state index is 12.6. The summed E-state index contributed by atoms with van der Waals surface area (Å²) >= 11 is 5.90. The van der Waals surface area contributed by atoms with Gasteiger partial charge in [-0.25, -0.2) is 4.98 Å². The molecule has 0 atom stereocenters. The van der Waals surface area contributed by atoms with Crippen molar-refractivity contribution in [1.82, 2.24) is 9.55 Å². The number of rotatable bonds is 8. The van der Waals surface area contributed by atoms with E-state index in [1.807, 2.05) is 0 Å². The first-order valence-electron chi connectivity index (χ1n) is 7.43. The molecule has 1 heterocycles. The molecule has 5 heteroatoms. The van der Waals surface area contributed by atoms with Crippen LogP contribution in [-0.4, -0.2) is 28.0 Å². The van der Waals surface area contributed by atoms with Crippen LogP contribution in [-0.2, 0) is 6.54 Å². The summed E-state index contributed by atoms with van der Waals surface area (Å²) in [5, 5.41) is 0. The van der Waals surface area contributed by atoms with Crippen molar-refractivity contribution >= 4 is 17.4 Å². The Kier molecular flexibility index (Phi) is 7.06. The lowest BCUT2D eigenvalue weighted by molar-refractivity contribution is 0.502. The highest BCUT2D eigenvalue weighted by atomic mass is 35.5. The van der Waals surface area contributed by atoms with Crippen molar-refractivity contribution in [2.24, 2.45) is 5.92 Å². The molecule has 20 heavy (non-hydrogen) atoms. The Morgan fingerprint density at radius 3 is 2.50 bits per heavy atom. The monoisotopic (exact) mass is 299 g/mol. The van der Waals surface area contributed by atoms with Crippen molar-refractivity contribution in [3.8, 4) is 0 Å². The minimum atomic E-state index is -0.0155. The zero-order valence-electron chi connectivity index (χ0n) is 13.0. The Bertz CT molecular complexity index is 455. The largest absolute Gasteiger partial charge is 0.348 e. The molecule has 4 nitrogen and oxygen atoms in total. The van der Waals surface area contributed by atoms with E-state index in [1.165, 1.54) is 0 Å². The predicted octanol–water partition coefficient (Wildman–Crippen LogP) is 3.13. The SMILES string of the molecule is CCC(CC)N(CCCl)c1nccn(CC(C)C)c1=O. The Hall–Kier alpha value is -1.03. The average molecular weight is 300 g/mol. The zero-order chi connectivity index (χ0) is 15.1. The van der Waals surface area contributed by atoms with Crippen LogP contribution in [0.3, 0.4) is 0 Å². The van der Waals surface area contributed by atoms with Crippen LogP contribution in [0.25, 0.3) is 0 Å². The first kappa shape index (κ1) is 17.0. The number of anilines is 1. The number of aromatic nitrogens is 2. The fraction of sp³-hybridized carbons (Fsp3) is 0.733. The second-order valence-corrected chi connectivity index (χ2v) is 5.83. The molecule has 1 aromatic heterocycles. The molecule has 0 aliphatic carbocycles. The van der Waals surface area contributed by atoms with Crippen molar-refractivity contribution in [3.63, 3.8) is 0 Å². The van der Waals surface area contributed by atoms with E-state index in [4.69, 9.17) is 11.6 Å². The topological polar surface area (TPSA) is 38.1 Å². The Labute approximate surface area is 126 Å². The van der Waals surface area contributed by atoms with Gasteiger partial charge in [0.2, 0.25) is 0 Å². The van der Waals surface area contributed by atoms with Gasteiger partial charge >= 0.3 is 0 Å². The van der Waals surface area contributed by atoms with Crippen LogP contribution in [0.4, 0.5) is 5.82 Å². The van der Waals surface area contributed by atoms with Gasteiger partial charge in [0.1, 0.15) is 0 Å². The molecule has 0 unspecified atom stereocenters. The Balaban J connectivity index is 3.16. The molecule has 1 aromatic rings. The molecule has 0 N–H and O–H groups in total. The van der Waals surface area contributed by atoms with Gasteiger partial charge in [-0.05, 0) is 18.8 Å². The van der Waals surface area contributed by atoms with Crippen molar-refractivity contribution in [3.05, 3.63) is 22.7 Å². The molecule has 0 aliphatic heterocycles. The van der Waals surface area contributed by atoms with Gasteiger partial charge in [0.05, 0.1) is 0 Å². The smallest absolute Gasteiger partial charge is 0.293 e. The molecule has 0 radical (unpaired) electrons. The highest BCUT2D eigenvalue weighted by Crippen LogP contribution is 2.14. The third-order valence-electron chi connectivity index (χ3n) is 3.44. The number of hydrogen-bond donors (Lipinski definition) is 0. The highest BCUT2D eigenvalue weighted by Gasteiger charge is 2.20. The summed E-state index contributed by atoms with van der Waals surface area (Å²) in [6.45, 7) is 9.83. The summed E-state index contributed by atoms with van der Waals surface area (Å²) < 4.78 is 1.75. The molecule has 0 fully saturated rings. The Morgan fingerprint density at radius 1 is 1.35 bits per heavy atom. The lowest BCUT2D eigenvalue weighted by atomic mass is 10.1. The molecule has 0 amide bonds. The van der Waals surface area contributed by atoms with Gasteiger partial charge in [-0.15, -0.1) is 11.6 Å². The molecule has 1 rings (SSSR count). The van der Waals surface area contributed by atoms with Gasteiger partial charge < -0.3 is 9.47 Å². The fourth-order valence-corrected chi connectivity index (χ4v) is 2.63. The molecule has 0 aromatic carbocycles. The average Bonchev–Trinajstić information content (AvgIpc) is 2.41. The Morgan fingerprint density at radius 2 is 2.00 bits per heavy atom. The molecular formula is C15H26ClN3O. The summed E-state index contributed by atoms with van der Waals surface area (Å²) in [5.74, 6) is 1.46. The zero-order valence-corrected chi connectivity index (χ0v) is 13.7. The van der Waals surface area contributed by atoms with E-state index < -0.39 is 0 Å². The molecule has 0 spiro atoms. The summed E-state index contributed by atoms with van der Waals surface area (Å²) in [6.07, 6.45) is 5.43. The van der Waals surface area contributed by atoms with Crippen LogP contribution in [0.5, 0.6) is 0 Å². The van der Waals surface area contributed by atoms with E-state index in [-0.39, 0.29) is 5.56 Å². The van der Waals surface area contributed by atoms with E-state index in [0.29, 0.717) is 36.7 Å². The quantitative estimate of drug-likeness (QED) is 0.692. The predicted molar refractivity (Wildman–Crippen MR) is 85.8 cm³/mol. The first-order chi connectivity index (χ1) is 9.54. The van der Waals surface area contributed by atoms with Gasteiger partial charge in [-0.1, -0.05) is 27.7 Å². The van der Waals surface area contributed by atoms with Gasteiger partial charge in [0, 0.05) is 37.4 Å². The summed E-state index contributed by atoms with van der Waals surface area (Å²) in [6, 6.07) is 0.309. The maximum Gasteiger partial charge on any atom is 0.293 e. The normalized spacial score (nSPS) is 11.3. The number of hydrogen-bond acceptors (Lipinski definition) is 3. The number of nitrogens with zero attached hydrogens (tertiary/aromatic N) is 3. The summed E-state index contributed by atoms with van der Waals surface area (Å²) in [5.41, 5.74) is -0.0155. The molecule has 0 aliphatic rings. The minimum absolute atomic E-state index is 0.0155. The van der Waals surface area contributed by atoms with Crippen LogP contribution in [0.1, 0.15) is 40.5 Å². The number of alkyl halides is 1. The minimum Gasteiger partial charge on any atom is -0.348 e. The second-order valence-electron chi connectivity index (χ2n) is 5.45. The first-order valence-corrected chi connectivity index (χ1v) is 7.96. The maximum absolute atomic E-state index is 12.6. The molecular weight excluding hydrogens is 274 g/mol. The lowest BCUT2D eigenvalue weighted by Crippen LogP contribution is -2.41. The fourth-order valence-electron chi connectivity index (χ4n) is 2.45. The van der Waals surface area contributed by atoms with E-state index in [1.54, 1.807) is 17.0 Å². The van der Waals surface area contributed by atoms with E-state index >= 15 is 0 Å². The van der Waals surface area contributed by atoms with E-state index in [9.17, 15) is 4.79 Å². The molecule has 0 saturated carbocycles. The van der Waals surface area contributed by atoms with Gasteiger partial charge in [-0.3, -0.25) is 4.79 Å². The highest BCUT2D eigenvalue weighted by molar-refractivity contribution is 6.18. The lowest BCUT2D eigenvalue weighted by Gasteiger charge is -2.30. The van der Waals surface area contributed by atoms with Crippen molar-refractivity contribution in [1.29, 1.82) is 0 Å². The van der Waals surface area contributed by atoms with E-state index in [0.717, 1.165) is 12.8 Å². The number of halogens is 1. The standard InChI is InChI=1S/C15H26ClN3O/c1-5-13(6-2)19(9-7-16)14-15(20)18(10-8-17-14)11-12(3)4/h8,10,12-13H,5-7,9,11H2,1-4H3. The molecule has 0 saturated heterocycles. The van der Waals surface area contributed by atoms with Crippen LogP contribution < -0.4 is 10.5 Å². The van der Waals surface area contributed by atoms with Gasteiger partial charge in [-0.2, -0.15) is 0 Å². The van der Waals surface area contributed by atoms with Crippen LogP contribution >= 0.6 is 11.6 Å². The summed E-state index contributed by atoms with van der Waals surface area (Å²) in [4.78, 5) is 19.0.